The Hall–Kier alpha value is -1.08. The summed E-state index contributed by atoms with van der Waals surface area (Å²) in [6.45, 7) is -0.177. The predicted octanol–water partition coefficient (Wildman–Crippen LogP) is 2.52. The van der Waals surface area contributed by atoms with Crippen molar-refractivity contribution >= 4 is 37.5 Å². The van der Waals surface area contributed by atoms with Crippen LogP contribution in [-0.4, -0.2) is 33.2 Å². The first-order valence-corrected chi connectivity index (χ1v) is 10.5. The second-order valence-electron chi connectivity index (χ2n) is 6.60. The second kappa shape index (κ2) is 6.43. The van der Waals surface area contributed by atoms with Crippen molar-refractivity contribution in [3.8, 4) is 0 Å². The first kappa shape index (κ1) is 16.8. The van der Waals surface area contributed by atoms with Crippen molar-refractivity contribution in [2.75, 3.05) is 17.1 Å². The lowest BCUT2D eigenvalue weighted by Crippen LogP contribution is -2.45. The van der Waals surface area contributed by atoms with Crippen molar-refractivity contribution < 1.29 is 13.2 Å². The van der Waals surface area contributed by atoms with Gasteiger partial charge in [-0.3, -0.25) is 9.10 Å². The molecule has 2 fully saturated rings. The zero-order valence-corrected chi connectivity index (χ0v) is 15.4. The number of nitrogens with zero attached hydrogens (tertiary/aromatic N) is 1. The highest BCUT2D eigenvalue weighted by molar-refractivity contribution is 9.10. The fourth-order valence-electron chi connectivity index (χ4n) is 3.84. The van der Waals surface area contributed by atoms with Crippen molar-refractivity contribution in [2.45, 2.75) is 31.7 Å². The Kier molecular flexibility index (Phi) is 4.69. The van der Waals surface area contributed by atoms with Gasteiger partial charge in [0.15, 0.2) is 0 Å². The Bertz CT molecular complexity index is 707. The van der Waals surface area contributed by atoms with E-state index in [0.29, 0.717) is 11.6 Å². The average Bonchev–Trinajstić information content (AvgIpc) is 3.06. The van der Waals surface area contributed by atoms with Gasteiger partial charge in [0.05, 0.1) is 11.9 Å². The maximum Gasteiger partial charge on any atom is 0.241 e. The molecule has 0 spiro atoms. The molecule has 1 aromatic rings. The molecule has 2 aliphatic rings. The van der Waals surface area contributed by atoms with Crippen LogP contribution in [0.25, 0.3) is 0 Å². The maximum atomic E-state index is 12.4. The minimum Gasteiger partial charge on any atom is -0.352 e. The summed E-state index contributed by atoms with van der Waals surface area (Å²) in [6.07, 6.45) is 5.80. The number of rotatable bonds is 5. The number of fused-ring (bicyclic) bond motifs is 2. The monoisotopic (exact) mass is 400 g/mol. The van der Waals surface area contributed by atoms with Gasteiger partial charge in [0.25, 0.3) is 0 Å². The smallest absolute Gasteiger partial charge is 0.241 e. The van der Waals surface area contributed by atoms with E-state index in [1.54, 1.807) is 18.2 Å². The third-order valence-corrected chi connectivity index (χ3v) is 6.50. The first-order valence-electron chi connectivity index (χ1n) is 7.85. The van der Waals surface area contributed by atoms with E-state index in [9.17, 15) is 13.2 Å². The maximum absolute atomic E-state index is 12.4. The molecular weight excluding hydrogens is 380 g/mol. The van der Waals surface area contributed by atoms with E-state index >= 15 is 0 Å². The summed E-state index contributed by atoms with van der Waals surface area (Å²) in [4.78, 5) is 12.4. The Morgan fingerprint density at radius 2 is 2.13 bits per heavy atom. The SMILES string of the molecule is CS(=O)(=O)N(CC(=O)N[C@H]1C[C@H]2CC[C@H]1C2)c1cccc(Br)c1. The van der Waals surface area contributed by atoms with Crippen molar-refractivity contribution in [3.05, 3.63) is 28.7 Å². The lowest BCUT2D eigenvalue weighted by Gasteiger charge is -2.26. The number of hydrogen-bond acceptors (Lipinski definition) is 3. The molecule has 2 saturated carbocycles. The highest BCUT2D eigenvalue weighted by atomic mass is 79.9. The van der Waals surface area contributed by atoms with Gasteiger partial charge in [0, 0.05) is 10.5 Å². The molecule has 2 bridgehead atoms. The van der Waals surface area contributed by atoms with Crippen LogP contribution < -0.4 is 9.62 Å². The van der Waals surface area contributed by atoms with Gasteiger partial charge in [-0.1, -0.05) is 28.4 Å². The summed E-state index contributed by atoms with van der Waals surface area (Å²) in [6, 6.07) is 7.18. The van der Waals surface area contributed by atoms with Crippen LogP contribution in [0.1, 0.15) is 25.7 Å². The Morgan fingerprint density at radius 1 is 1.35 bits per heavy atom. The number of sulfonamides is 1. The van der Waals surface area contributed by atoms with E-state index in [1.807, 2.05) is 6.07 Å². The number of carbonyl (C=O) groups is 1. The molecule has 0 aliphatic heterocycles. The summed E-state index contributed by atoms with van der Waals surface area (Å²) >= 11 is 3.33. The molecule has 3 rings (SSSR count). The van der Waals surface area contributed by atoms with Gasteiger partial charge in [-0.15, -0.1) is 0 Å². The molecule has 0 saturated heterocycles. The fraction of sp³-hybridized carbons (Fsp3) is 0.562. The van der Waals surface area contributed by atoms with E-state index in [2.05, 4.69) is 21.2 Å². The van der Waals surface area contributed by atoms with Crippen molar-refractivity contribution in [2.24, 2.45) is 11.8 Å². The summed E-state index contributed by atoms with van der Waals surface area (Å²) < 4.78 is 26.1. The minimum absolute atomic E-state index is 0.177. The van der Waals surface area contributed by atoms with E-state index < -0.39 is 10.0 Å². The normalized spacial score (nSPS) is 26.3. The standard InChI is InChI=1S/C16H21BrN2O3S/c1-23(21,22)19(14-4-2-3-13(17)9-14)10-16(20)18-15-8-11-5-6-12(15)7-11/h2-4,9,11-12,15H,5-8,10H2,1H3,(H,18,20)/t11-,12-,15-/m0/s1. The number of anilines is 1. The highest BCUT2D eigenvalue weighted by Crippen LogP contribution is 2.44. The van der Waals surface area contributed by atoms with Crippen LogP contribution >= 0.6 is 15.9 Å². The molecule has 0 radical (unpaired) electrons. The first-order chi connectivity index (χ1) is 10.8. The van der Waals surface area contributed by atoms with E-state index in [0.717, 1.165) is 27.4 Å². The molecule has 0 heterocycles. The molecular formula is C16H21BrN2O3S. The molecule has 0 aromatic heterocycles. The molecule has 3 atom stereocenters. The van der Waals surface area contributed by atoms with Crippen LogP contribution in [-0.2, 0) is 14.8 Å². The number of hydrogen-bond donors (Lipinski definition) is 1. The number of benzene rings is 1. The zero-order chi connectivity index (χ0) is 16.6. The molecule has 1 aromatic carbocycles. The fourth-order valence-corrected chi connectivity index (χ4v) is 5.07. The van der Waals surface area contributed by atoms with Gasteiger partial charge in [-0.05, 0) is 49.3 Å². The van der Waals surface area contributed by atoms with Crippen LogP contribution in [0, 0.1) is 11.8 Å². The topological polar surface area (TPSA) is 66.5 Å². The van der Waals surface area contributed by atoms with E-state index in [4.69, 9.17) is 0 Å². The number of amides is 1. The summed E-state index contributed by atoms with van der Waals surface area (Å²) in [7, 11) is -3.52. The largest absolute Gasteiger partial charge is 0.352 e. The van der Waals surface area contributed by atoms with Crippen LogP contribution in [0.5, 0.6) is 0 Å². The molecule has 5 nitrogen and oxygen atoms in total. The van der Waals surface area contributed by atoms with Crippen LogP contribution in [0.4, 0.5) is 5.69 Å². The lowest BCUT2D eigenvalue weighted by molar-refractivity contribution is -0.120. The molecule has 1 amide bonds. The van der Waals surface area contributed by atoms with Crippen molar-refractivity contribution in [1.29, 1.82) is 0 Å². The van der Waals surface area contributed by atoms with Crippen LogP contribution in [0.2, 0.25) is 0 Å². The number of halogens is 1. The molecule has 2 aliphatic carbocycles. The molecule has 23 heavy (non-hydrogen) atoms. The van der Waals surface area contributed by atoms with Crippen molar-refractivity contribution in [1.82, 2.24) is 5.32 Å². The van der Waals surface area contributed by atoms with Gasteiger partial charge < -0.3 is 5.32 Å². The summed E-state index contributed by atoms with van der Waals surface area (Å²) in [5.74, 6) is 1.08. The zero-order valence-electron chi connectivity index (χ0n) is 13.0. The molecule has 126 valence electrons. The van der Waals surface area contributed by atoms with Gasteiger partial charge in [0.1, 0.15) is 6.54 Å². The molecule has 7 heteroatoms. The Labute approximate surface area is 145 Å². The Morgan fingerprint density at radius 3 is 2.70 bits per heavy atom. The Balaban J connectivity index is 1.70. The lowest BCUT2D eigenvalue weighted by atomic mass is 9.95. The van der Waals surface area contributed by atoms with Gasteiger partial charge in [-0.2, -0.15) is 0 Å². The quantitative estimate of drug-likeness (QED) is 0.825. The third kappa shape index (κ3) is 3.88. The molecule has 0 unspecified atom stereocenters. The molecule has 1 N–H and O–H groups in total. The summed E-state index contributed by atoms with van der Waals surface area (Å²) in [5, 5.41) is 3.04. The van der Waals surface area contributed by atoms with Gasteiger partial charge in [-0.25, -0.2) is 8.42 Å². The van der Waals surface area contributed by atoms with Crippen LogP contribution in [0.15, 0.2) is 28.7 Å². The third-order valence-electron chi connectivity index (χ3n) is 4.87. The van der Waals surface area contributed by atoms with Crippen LogP contribution in [0.3, 0.4) is 0 Å². The number of nitrogens with one attached hydrogen (secondary N) is 1. The van der Waals surface area contributed by atoms with Gasteiger partial charge >= 0.3 is 0 Å². The van der Waals surface area contributed by atoms with E-state index in [-0.39, 0.29) is 18.5 Å². The second-order valence-corrected chi connectivity index (χ2v) is 9.42. The minimum atomic E-state index is -3.52. The summed E-state index contributed by atoms with van der Waals surface area (Å²) in [5.41, 5.74) is 0.491. The highest BCUT2D eigenvalue weighted by Gasteiger charge is 2.40. The van der Waals surface area contributed by atoms with E-state index in [1.165, 1.54) is 19.3 Å². The van der Waals surface area contributed by atoms with Crippen molar-refractivity contribution in [3.63, 3.8) is 0 Å². The van der Waals surface area contributed by atoms with Gasteiger partial charge in [0.2, 0.25) is 15.9 Å². The average molecular weight is 401 g/mol. The predicted molar refractivity (Wildman–Crippen MR) is 93.7 cm³/mol. The number of carbonyl (C=O) groups excluding carboxylic acids is 1.